The van der Waals surface area contributed by atoms with Crippen LogP contribution in [-0.4, -0.2) is 18.7 Å². The summed E-state index contributed by atoms with van der Waals surface area (Å²) in [6.45, 7) is 9.51. The highest BCUT2D eigenvalue weighted by Gasteiger charge is 2.08. The molecule has 1 aromatic rings. The van der Waals surface area contributed by atoms with Crippen LogP contribution in [0.5, 0.6) is 5.75 Å². The van der Waals surface area contributed by atoms with E-state index in [4.69, 9.17) is 9.57 Å². The van der Waals surface area contributed by atoms with E-state index in [1.54, 1.807) is 7.11 Å². The van der Waals surface area contributed by atoms with E-state index in [0.29, 0.717) is 19.1 Å². The third-order valence-electron chi connectivity index (χ3n) is 2.51. The van der Waals surface area contributed by atoms with Crippen molar-refractivity contribution < 1.29 is 9.57 Å². The minimum absolute atomic E-state index is 0.518. The molecule has 0 atom stereocenters. The van der Waals surface area contributed by atoms with Gasteiger partial charge in [0.2, 0.25) is 0 Å². The number of pyridine rings is 1. The van der Waals surface area contributed by atoms with E-state index >= 15 is 0 Å². The lowest BCUT2D eigenvalue weighted by molar-refractivity contribution is 0.0189. The largest absolute Gasteiger partial charge is 0.496 e. The third kappa shape index (κ3) is 3.98. The van der Waals surface area contributed by atoms with Crippen molar-refractivity contribution in [3.8, 4) is 5.75 Å². The highest BCUT2D eigenvalue weighted by Crippen LogP contribution is 2.23. The summed E-state index contributed by atoms with van der Waals surface area (Å²) >= 11 is 0. The number of aryl methyl sites for hydroxylation is 1. The second-order valence-electron chi connectivity index (χ2n) is 4.57. The van der Waals surface area contributed by atoms with Crippen molar-refractivity contribution in [1.29, 1.82) is 0 Å². The van der Waals surface area contributed by atoms with Crippen LogP contribution in [0.3, 0.4) is 0 Å². The van der Waals surface area contributed by atoms with Crippen LogP contribution in [0.2, 0.25) is 0 Å². The Morgan fingerprint density at radius 1 is 1.35 bits per heavy atom. The quantitative estimate of drug-likeness (QED) is 0.610. The second kappa shape index (κ2) is 6.57. The third-order valence-corrected chi connectivity index (χ3v) is 2.51. The van der Waals surface area contributed by atoms with Gasteiger partial charge in [0, 0.05) is 17.3 Å². The van der Waals surface area contributed by atoms with Crippen molar-refractivity contribution in [1.82, 2.24) is 10.5 Å². The smallest absolute Gasteiger partial charge is 0.128 e. The van der Waals surface area contributed by atoms with Gasteiger partial charge in [-0.1, -0.05) is 13.8 Å². The number of methoxy groups -OCH3 is 1. The monoisotopic (exact) mass is 238 g/mol. The highest BCUT2D eigenvalue weighted by molar-refractivity contribution is 5.40. The number of hydrogen-bond donors (Lipinski definition) is 1. The fourth-order valence-corrected chi connectivity index (χ4v) is 1.59. The Morgan fingerprint density at radius 2 is 2.06 bits per heavy atom. The van der Waals surface area contributed by atoms with Gasteiger partial charge in [-0.15, -0.1) is 0 Å². The van der Waals surface area contributed by atoms with Gasteiger partial charge in [0.1, 0.15) is 5.75 Å². The molecule has 0 fully saturated rings. The van der Waals surface area contributed by atoms with Gasteiger partial charge in [0.05, 0.1) is 26.0 Å². The summed E-state index contributed by atoms with van der Waals surface area (Å²) in [7, 11) is 1.68. The molecule has 0 saturated carbocycles. The van der Waals surface area contributed by atoms with Crippen molar-refractivity contribution in [2.24, 2.45) is 5.92 Å². The van der Waals surface area contributed by atoms with E-state index in [-0.39, 0.29) is 0 Å². The average molecular weight is 238 g/mol. The zero-order valence-corrected chi connectivity index (χ0v) is 11.3. The molecule has 4 nitrogen and oxygen atoms in total. The van der Waals surface area contributed by atoms with Crippen LogP contribution < -0.4 is 10.2 Å². The first kappa shape index (κ1) is 13.9. The second-order valence-corrected chi connectivity index (χ2v) is 4.57. The van der Waals surface area contributed by atoms with Gasteiger partial charge in [-0.2, -0.15) is 5.48 Å². The predicted octanol–water partition coefficient (Wildman–Crippen LogP) is 2.38. The molecule has 0 aliphatic heterocycles. The molecular formula is C13H22N2O2. The molecular weight excluding hydrogens is 216 g/mol. The average Bonchev–Trinajstić information content (AvgIpc) is 2.27. The van der Waals surface area contributed by atoms with Gasteiger partial charge < -0.3 is 9.57 Å². The number of rotatable bonds is 6. The molecule has 0 aliphatic carbocycles. The summed E-state index contributed by atoms with van der Waals surface area (Å²) in [4.78, 5) is 9.71. The Morgan fingerprint density at radius 3 is 2.65 bits per heavy atom. The van der Waals surface area contributed by atoms with Crippen LogP contribution in [0.4, 0.5) is 0 Å². The zero-order valence-electron chi connectivity index (χ0n) is 11.3. The van der Waals surface area contributed by atoms with Crippen LogP contribution >= 0.6 is 0 Å². The number of ether oxygens (including phenoxy) is 1. The number of aromatic nitrogens is 1. The van der Waals surface area contributed by atoms with Crippen molar-refractivity contribution >= 4 is 0 Å². The summed E-state index contributed by atoms with van der Waals surface area (Å²) < 4.78 is 5.35. The van der Waals surface area contributed by atoms with Crippen LogP contribution in [0, 0.1) is 19.8 Å². The Bertz CT molecular complexity index is 365. The topological polar surface area (TPSA) is 43.4 Å². The maximum atomic E-state index is 5.35. The molecule has 17 heavy (non-hydrogen) atoms. The standard InChI is InChI=1S/C13H22N2O2/c1-9(2)8-17-15-7-12-11(4)13(16-5)10(3)6-14-12/h6,9,15H,7-8H2,1-5H3. The van der Waals surface area contributed by atoms with E-state index in [1.165, 1.54) is 0 Å². The molecule has 0 aliphatic rings. The van der Waals surface area contributed by atoms with E-state index < -0.39 is 0 Å². The zero-order chi connectivity index (χ0) is 12.8. The molecule has 0 bridgehead atoms. The molecule has 1 rings (SSSR count). The predicted molar refractivity (Wildman–Crippen MR) is 67.9 cm³/mol. The number of hydrogen-bond acceptors (Lipinski definition) is 4. The number of nitrogens with zero attached hydrogens (tertiary/aromatic N) is 1. The lowest BCUT2D eigenvalue weighted by Crippen LogP contribution is -2.19. The first-order valence-corrected chi connectivity index (χ1v) is 5.90. The fraction of sp³-hybridized carbons (Fsp3) is 0.615. The van der Waals surface area contributed by atoms with Gasteiger partial charge in [-0.25, -0.2) is 0 Å². The van der Waals surface area contributed by atoms with Gasteiger partial charge in [0.15, 0.2) is 0 Å². The van der Waals surface area contributed by atoms with Crippen molar-refractivity contribution in [3.63, 3.8) is 0 Å². The first-order valence-electron chi connectivity index (χ1n) is 5.90. The van der Waals surface area contributed by atoms with Crippen LogP contribution in [0.1, 0.15) is 30.7 Å². The fourth-order valence-electron chi connectivity index (χ4n) is 1.59. The Balaban J connectivity index is 2.60. The molecule has 0 aromatic carbocycles. The maximum absolute atomic E-state index is 5.35. The van der Waals surface area contributed by atoms with Crippen molar-refractivity contribution in [2.75, 3.05) is 13.7 Å². The van der Waals surface area contributed by atoms with Gasteiger partial charge in [-0.05, 0) is 19.8 Å². The maximum Gasteiger partial charge on any atom is 0.128 e. The lowest BCUT2D eigenvalue weighted by Gasteiger charge is -2.13. The molecule has 1 N–H and O–H groups in total. The van der Waals surface area contributed by atoms with E-state index in [2.05, 4.69) is 24.3 Å². The molecule has 1 aromatic heterocycles. The van der Waals surface area contributed by atoms with E-state index in [0.717, 1.165) is 22.6 Å². The molecule has 0 radical (unpaired) electrons. The summed E-state index contributed by atoms with van der Waals surface area (Å²) in [5, 5.41) is 0. The molecule has 1 heterocycles. The number of hydroxylamine groups is 1. The minimum Gasteiger partial charge on any atom is -0.496 e. The van der Waals surface area contributed by atoms with E-state index in [9.17, 15) is 0 Å². The summed E-state index contributed by atoms with van der Waals surface area (Å²) in [6, 6.07) is 0. The highest BCUT2D eigenvalue weighted by atomic mass is 16.6. The normalized spacial score (nSPS) is 10.9. The summed E-state index contributed by atoms with van der Waals surface area (Å²) in [6.07, 6.45) is 1.82. The molecule has 96 valence electrons. The molecule has 4 heteroatoms. The summed E-state index contributed by atoms with van der Waals surface area (Å²) in [5.74, 6) is 1.42. The van der Waals surface area contributed by atoms with Crippen LogP contribution in [0.15, 0.2) is 6.20 Å². The van der Waals surface area contributed by atoms with E-state index in [1.807, 2.05) is 20.0 Å². The Kier molecular flexibility index (Phi) is 5.38. The van der Waals surface area contributed by atoms with Gasteiger partial charge in [0.25, 0.3) is 0 Å². The van der Waals surface area contributed by atoms with Crippen molar-refractivity contribution in [2.45, 2.75) is 34.2 Å². The molecule has 0 amide bonds. The Labute approximate surface area is 103 Å². The van der Waals surface area contributed by atoms with Crippen LogP contribution in [0.25, 0.3) is 0 Å². The molecule has 0 unspecified atom stereocenters. The first-order chi connectivity index (χ1) is 8.06. The van der Waals surface area contributed by atoms with Crippen LogP contribution in [-0.2, 0) is 11.4 Å². The minimum atomic E-state index is 0.518. The SMILES string of the molecule is COc1c(C)cnc(CNOCC(C)C)c1C. The van der Waals surface area contributed by atoms with Gasteiger partial charge in [-0.3, -0.25) is 4.98 Å². The van der Waals surface area contributed by atoms with Gasteiger partial charge >= 0.3 is 0 Å². The number of nitrogens with one attached hydrogen (secondary N) is 1. The molecule has 0 spiro atoms. The van der Waals surface area contributed by atoms with Crippen molar-refractivity contribution in [3.05, 3.63) is 23.0 Å². The molecule has 0 saturated heterocycles. The Hall–Kier alpha value is -1.13. The summed E-state index contributed by atoms with van der Waals surface area (Å²) in [5.41, 5.74) is 6.00. The lowest BCUT2D eigenvalue weighted by atomic mass is 10.1.